The maximum Gasteiger partial charge on any atom is 0.329 e. The minimum atomic E-state index is -0.887. The first kappa shape index (κ1) is 26.4. The van der Waals surface area contributed by atoms with Gasteiger partial charge in [-0.2, -0.15) is 0 Å². The largest absolute Gasteiger partial charge is 0.487 e. The average Bonchev–Trinajstić information content (AvgIpc) is 3.42. The first-order valence-corrected chi connectivity index (χ1v) is 14.0. The highest BCUT2D eigenvalue weighted by atomic mass is 19.1. The van der Waals surface area contributed by atoms with E-state index in [2.05, 4.69) is 47.2 Å². The van der Waals surface area contributed by atoms with Crippen LogP contribution in [0.5, 0.6) is 5.75 Å². The molecule has 1 aromatic carbocycles. The molecule has 2 aromatic heterocycles. The van der Waals surface area contributed by atoms with Crippen LogP contribution < -0.4 is 15.0 Å². The van der Waals surface area contributed by atoms with E-state index in [1.807, 2.05) is 29.8 Å². The van der Waals surface area contributed by atoms with Crippen LogP contribution in [-0.2, 0) is 30.5 Å². The lowest BCUT2D eigenvalue weighted by Gasteiger charge is -2.32. The number of rotatable bonds is 6. The van der Waals surface area contributed by atoms with Gasteiger partial charge in [0.05, 0.1) is 17.4 Å². The third-order valence-electron chi connectivity index (χ3n) is 8.44. The molecule has 0 radical (unpaired) electrons. The zero-order chi connectivity index (χ0) is 28.0. The van der Waals surface area contributed by atoms with Crippen molar-refractivity contribution >= 4 is 17.8 Å². The normalized spacial score (nSPS) is 22.8. The Morgan fingerprint density at radius 2 is 1.88 bits per heavy atom. The summed E-state index contributed by atoms with van der Waals surface area (Å²) in [6, 6.07) is 11.6. The Kier molecular flexibility index (Phi) is 6.82. The smallest absolute Gasteiger partial charge is 0.329 e. The topological polar surface area (TPSA) is 92.6 Å². The van der Waals surface area contributed by atoms with Crippen molar-refractivity contribution in [2.45, 2.75) is 76.9 Å². The average molecular weight is 547 g/mol. The third kappa shape index (κ3) is 4.85. The summed E-state index contributed by atoms with van der Waals surface area (Å²) in [4.78, 5) is 37.5. The summed E-state index contributed by atoms with van der Waals surface area (Å²) in [6.07, 6.45) is 3.98. The highest BCUT2D eigenvalue weighted by Crippen LogP contribution is 2.40. The Hall–Kier alpha value is -3.79. The van der Waals surface area contributed by atoms with Crippen LogP contribution in [0.4, 0.5) is 15.0 Å². The maximum absolute atomic E-state index is 14.2. The van der Waals surface area contributed by atoms with Crippen molar-refractivity contribution < 1.29 is 18.7 Å². The quantitative estimate of drug-likeness (QED) is 0.476. The molecule has 9 nitrogen and oxygen atoms in total. The Morgan fingerprint density at radius 3 is 2.62 bits per heavy atom. The Balaban J connectivity index is 1.17. The number of carbonyl (C=O) groups excluding carboxylic acids is 2. The van der Waals surface area contributed by atoms with E-state index in [1.54, 1.807) is 6.20 Å². The summed E-state index contributed by atoms with van der Waals surface area (Å²) < 4.78 is 22.0. The fourth-order valence-electron chi connectivity index (χ4n) is 6.00. The number of alkyl halides is 1. The van der Waals surface area contributed by atoms with Crippen LogP contribution in [0, 0.1) is 0 Å². The molecule has 2 fully saturated rings. The first-order valence-electron chi connectivity index (χ1n) is 14.0. The number of hydrogen-bond acceptors (Lipinski definition) is 6. The van der Waals surface area contributed by atoms with Crippen LogP contribution in [0.3, 0.4) is 0 Å². The van der Waals surface area contributed by atoms with Gasteiger partial charge in [0.25, 0.3) is 0 Å². The number of anilines is 1. The number of pyridine rings is 1. The third-order valence-corrected chi connectivity index (χ3v) is 8.44. The number of aromatic nitrogens is 3. The molecular formula is C30H35FN6O3. The summed E-state index contributed by atoms with van der Waals surface area (Å²) in [5, 5.41) is 2.36. The molecular weight excluding hydrogens is 511 g/mol. The summed E-state index contributed by atoms with van der Waals surface area (Å²) in [5.41, 5.74) is 3.74. The lowest BCUT2D eigenvalue weighted by atomic mass is 9.96. The Morgan fingerprint density at radius 1 is 1.10 bits per heavy atom. The lowest BCUT2D eigenvalue weighted by molar-refractivity contribution is -0.120. The Labute approximate surface area is 233 Å². The van der Waals surface area contributed by atoms with E-state index in [4.69, 9.17) is 9.72 Å². The lowest BCUT2D eigenvalue weighted by Crippen LogP contribution is -2.50. The number of carbonyl (C=O) groups is 2. The monoisotopic (exact) mass is 546 g/mol. The minimum Gasteiger partial charge on any atom is -0.487 e. The second-order valence-corrected chi connectivity index (χ2v) is 11.5. The number of hydrogen-bond donors (Lipinski definition) is 1. The van der Waals surface area contributed by atoms with Crippen molar-refractivity contribution in [2.24, 2.45) is 7.05 Å². The van der Waals surface area contributed by atoms with Crippen molar-refractivity contribution in [3.8, 4) is 17.3 Å². The number of amides is 3. The zero-order valence-corrected chi connectivity index (χ0v) is 23.2. The van der Waals surface area contributed by atoms with Gasteiger partial charge in [0.2, 0.25) is 5.91 Å². The van der Waals surface area contributed by atoms with Gasteiger partial charge in [0, 0.05) is 33.1 Å². The fraction of sp³-hybridized carbons (Fsp3) is 0.467. The molecule has 2 unspecified atom stereocenters. The van der Waals surface area contributed by atoms with Crippen molar-refractivity contribution in [3.63, 3.8) is 0 Å². The van der Waals surface area contributed by atoms with E-state index in [1.165, 1.54) is 10.5 Å². The van der Waals surface area contributed by atoms with Crippen LogP contribution in [0.2, 0.25) is 0 Å². The van der Waals surface area contributed by atoms with Gasteiger partial charge in [0.15, 0.2) is 5.82 Å². The molecule has 40 heavy (non-hydrogen) atoms. The van der Waals surface area contributed by atoms with Crippen molar-refractivity contribution in [1.82, 2.24) is 24.8 Å². The molecule has 3 aromatic rings. The summed E-state index contributed by atoms with van der Waals surface area (Å²) >= 11 is 0. The number of imidazole rings is 1. The SMILES string of the molecule is Cn1c(N2CCC(=O)NC2=O)cnc1-c1ccc2c(n1)C(C)(C)N(Cc1ccc(OC3CCCCC3F)cc1)C2. The van der Waals surface area contributed by atoms with Crippen LogP contribution in [0.1, 0.15) is 62.8 Å². The van der Waals surface area contributed by atoms with Gasteiger partial charge in [-0.1, -0.05) is 24.6 Å². The van der Waals surface area contributed by atoms with E-state index in [0.29, 0.717) is 24.6 Å². The van der Waals surface area contributed by atoms with Gasteiger partial charge >= 0.3 is 6.03 Å². The number of imide groups is 1. The number of halogens is 1. The number of urea groups is 1. The highest BCUT2D eigenvalue weighted by Gasteiger charge is 2.39. The highest BCUT2D eigenvalue weighted by molar-refractivity contribution is 6.05. The maximum atomic E-state index is 14.2. The molecule has 0 spiro atoms. The molecule has 210 valence electrons. The number of nitrogens with zero attached hydrogens (tertiary/aromatic N) is 5. The van der Waals surface area contributed by atoms with E-state index < -0.39 is 12.2 Å². The molecule has 3 amide bonds. The molecule has 2 atom stereocenters. The van der Waals surface area contributed by atoms with Gasteiger partial charge in [-0.25, -0.2) is 19.2 Å². The van der Waals surface area contributed by atoms with Gasteiger partial charge in [-0.05, 0) is 62.4 Å². The number of benzene rings is 1. The van der Waals surface area contributed by atoms with Gasteiger partial charge in [-0.15, -0.1) is 0 Å². The standard InChI is InChI=1S/C30H35FN6O3/c1-30(2)27-20(18-36(30)17-19-8-11-21(12-9-19)40-24-7-5-4-6-22(24)31)10-13-23(33-27)28-32-16-26(35(28)3)37-15-14-25(38)34-29(37)39/h8-13,16,22,24H,4-7,14-15,17-18H2,1-3H3,(H,34,38,39). The molecule has 1 aliphatic carbocycles. The van der Waals surface area contributed by atoms with Crippen LogP contribution >= 0.6 is 0 Å². The predicted octanol–water partition coefficient (Wildman–Crippen LogP) is 4.84. The van der Waals surface area contributed by atoms with E-state index in [0.717, 1.165) is 55.1 Å². The first-order chi connectivity index (χ1) is 19.2. The van der Waals surface area contributed by atoms with E-state index in [9.17, 15) is 14.0 Å². The van der Waals surface area contributed by atoms with Crippen molar-refractivity contribution in [2.75, 3.05) is 11.4 Å². The molecule has 0 bridgehead atoms. The predicted molar refractivity (Wildman–Crippen MR) is 148 cm³/mol. The molecule has 1 saturated heterocycles. The van der Waals surface area contributed by atoms with Crippen molar-refractivity contribution in [1.29, 1.82) is 0 Å². The Bertz CT molecular complexity index is 1440. The second kappa shape index (κ2) is 10.3. The number of fused-ring (bicyclic) bond motifs is 1. The zero-order valence-electron chi connectivity index (χ0n) is 23.2. The van der Waals surface area contributed by atoms with Gasteiger partial charge < -0.3 is 9.30 Å². The van der Waals surface area contributed by atoms with E-state index >= 15 is 0 Å². The van der Waals surface area contributed by atoms with Crippen LogP contribution in [0.15, 0.2) is 42.6 Å². The summed E-state index contributed by atoms with van der Waals surface area (Å²) in [7, 11) is 1.85. The number of nitrogens with one attached hydrogen (secondary N) is 1. The van der Waals surface area contributed by atoms with E-state index in [-0.39, 0.29) is 24.0 Å². The molecule has 10 heteroatoms. The fourth-order valence-corrected chi connectivity index (χ4v) is 6.00. The van der Waals surface area contributed by atoms with Crippen LogP contribution in [-0.4, -0.2) is 50.2 Å². The van der Waals surface area contributed by atoms with Gasteiger partial charge in [-0.3, -0.25) is 19.9 Å². The number of ether oxygens (including phenoxy) is 1. The second-order valence-electron chi connectivity index (χ2n) is 11.5. The van der Waals surface area contributed by atoms with Crippen molar-refractivity contribution in [3.05, 3.63) is 59.4 Å². The molecule has 1 N–H and O–H groups in total. The summed E-state index contributed by atoms with van der Waals surface area (Å²) in [5.74, 6) is 1.72. The molecule has 2 aliphatic heterocycles. The summed E-state index contributed by atoms with van der Waals surface area (Å²) in [6.45, 7) is 6.18. The molecule has 6 rings (SSSR count). The molecule has 4 heterocycles. The molecule has 3 aliphatic rings. The molecule has 1 saturated carbocycles. The minimum absolute atomic E-state index is 0.252. The van der Waals surface area contributed by atoms with Gasteiger partial charge in [0.1, 0.15) is 29.5 Å². The van der Waals surface area contributed by atoms with Crippen LogP contribution in [0.25, 0.3) is 11.5 Å².